The van der Waals surface area contributed by atoms with E-state index in [-0.39, 0.29) is 0 Å². The minimum Gasteiger partial charge on any atom is -0.178 e. The van der Waals surface area contributed by atoms with Crippen LogP contribution in [0.2, 0.25) is 0 Å². The highest BCUT2D eigenvalue weighted by molar-refractivity contribution is 7.85. The van der Waals surface area contributed by atoms with Crippen molar-refractivity contribution in [3.63, 3.8) is 0 Å². The molecule has 0 amide bonds. The summed E-state index contributed by atoms with van der Waals surface area (Å²) in [5.41, 5.74) is 0. The highest BCUT2D eigenvalue weighted by atomic mass is 35.7. The molecule has 0 spiro atoms. The van der Waals surface area contributed by atoms with Crippen LogP contribution in [-0.2, 0) is 0 Å². The van der Waals surface area contributed by atoms with Gasteiger partial charge in [-0.25, -0.2) is 0 Å². The van der Waals surface area contributed by atoms with Crippen LogP contribution in [0.5, 0.6) is 0 Å². The van der Waals surface area contributed by atoms with Crippen LogP contribution in [0, 0.1) is 0 Å². The molecule has 1 aromatic heterocycles. The summed E-state index contributed by atoms with van der Waals surface area (Å²) in [6.45, 7) is 0. The van der Waals surface area contributed by atoms with Gasteiger partial charge >= 0.3 is 0 Å². The Morgan fingerprint density at radius 3 is 2.40 bits per heavy atom. The van der Waals surface area contributed by atoms with Crippen molar-refractivity contribution in [1.29, 1.82) is 0 Å². The largest absolute Gasteiger partial charge is 0.178 e. The Morgan fingerprint density at radius 2 is 1.90 bits per heavy atom. The van der Waals surface area contributed by atoms with Crippen molar-refractivity contribution < 1.29 is 0 Å². The summed E-state index contributed by atoms with van der Waals surface area (Å²) < 4.78 is 6.41. The van der Waals surface area contributed by atoms with E-state index in [1.54, 1.807) is 0 Å². The van der Waals surface area contributed by atoms with Gasteiger partial charge in [0.25, 0.3) is 0 Å². The molecule has 1 heterocycles. The Hall–Kier alpha value is 1.46. The van der Waals surface area contributed by atoms with Gasteiger partial charge in [0.15, 0.2) is 22.9 Å². The Bertz CT molecular complexity index is 235. The molecule has 0 saturated heterocycles. The third-order valence-corrected chi connectivity index (χ3v) is 9.34. The molecule has 0 saturated carbocycles. The minimum absolute atomic E-state index is 0.571. The highest BCUT2D eigenvalue weighted by Crippen LogP contribution is 2.46. The molecular weight excluding hydrogens is 277 g/mol. The molecule has 10 heteroatoms. The predicted molar refractivity (Wildman–Crippen MR) is 50.8 cm³/mol. The van der Waals surface area contributed by atoms with Gasteiger partial charge in [0.2, 0.25) is 0 Å². The van der Waals surface area contributed by atoms with E-state index in [0.717, 1.165) is 0 Å². The zero-order chi connectivity index (χ0) is 7.72. The van der Waals surface area contributed by atoms with E-state index < -0.39 is 14.4 Å². The highest BCUT2D eigenvalue weighted by Gasteiger charge is 2.02. The lowest BCUT2D eigenvalue weighted by atomic mass is 13.8. The van der Waals surface area contributed by atoms with E-state index in [9.17, 15) is 0 Å². The Balaban J connectivity index is 3.34. The van der Waals surface area contributed by atoms with Gasteiger partial charge in [-0.3, -0.25) is 0 Å². The zero-order valence-corrected chi connectivity index (χ0v) is 9.90. The van der Waals surface area contributed by atoms with Crippen LogP contribution >= 0.6 is 69.0 Å². The molecule has 0 aliphatic carbocycles. The topological polar surface area (TPSA) is 22.8 Å². The van der Waals surface area contributed by atoms with Crippen molar-refractivity contribution in [2.24, 2.45) is 0 Å². The molecule has 0 fully saturated rings. The van der Waals surface area contributed by atoms with Gasteiger partial charge in [0, 0.05) is 23.6 Å². The monoisotopic (exact) mass is 275 g/mol. The number of nitrogens with zero attached hydrogens (tertiary/aromatic N) is 3. The summed E-state index contributed by atoms with van der Waals surface area (Å²) in [5, 5.41) is 0. The van der Waals surface area contributed by atoms with Gasteiger partial charge in [-0.05, 0) is 22.5 Å². The van der Waals surface area contributed by atoms with Crippen molar-refractivity contribution >= 4 is 69.0 Å². The van der Waals surface area contributed by atoms with Gasteiger partial charge in [0.1, 0.15) is 0 Å². The molecular formula is Cl4N3P3. The summed E-state index contributed by atoms with van der Waals surface area (Å²) >= 11 is 22.6. The smallest absolute Gasteiger partial charge is 0.172 e. The summed E-state index contributed by atoms with van der Waals surface area (Å²) in [6, 6.07) is 0. The SMILES string of the molecule is Cln1pnp(Cl)n(Cl)p1Cl. The van der Waals surface area contributed by atoms with E-state index in [2.05, 4.69) is 4.51 Å². The average molecular weight is 277 g/mol. The Labute approximate surface area is 80.5 Å². The fraction of sp³-hybridized carbons (Fsp3) is 0. The van der Waals surface area contributed by atoms with Gasteiger partial charge in [-0.2, -0.15) is 11.7 Å². The van der Waals surface area contributed by atoms with Gasteiger partial charge < -0.3 is 0 Å². The molecule has 10 heavy (non-hydrogen) atoms. The van der Waals surface area contributed by atoms with Crippen LogP contribution in [0.3, 0.4) is 0 Å². The van der Waals surface area contributed by atoms with Crippen LogP contribution in [0.15, 0.2) is 0 Å². The summed E-state index contributed by atoms with van der Waals surface area (Å²) in [7, 11) is -1.79. The van der Waals surface area contributed by atoms with E-state index in [4.69, 9.17) is 46.0 Å². The van der Waals surface area contributed by atoms with Crippen LogP contribution in [0.25, 0.3) is 0 Å². The lowest BCUT2D eigenvalue weighted by Crippen LogP contribution is -1.77. The van der Waals surface area contributed by atoms with Crippen molar-refractivity contribution in [2.45, 2.75) is 0 Å². The van der Waals surface area contributed by atoms with E-state index in [1.807, 2.05) is 0 Å². The van der Waals surface area contributed by atoms with Crippen molar-refractivity contribution in [3.05, 3.63) is 0 Å². The molecule has 0 bridgehead atoms. The van der Waals surface area contributed by atoms with Crippen LogP contribution in [0.4, 0.5) is 0 Å². The fourth-order valence-corrected chi connectivity index (χ4v) is 6.58. The van der Waals surface area contributed by atoms with Crippen molar-refractivity contribution in [3.8, 4) is 0 Å². The maximum absolute atomic E-state index is 5.73. The molecule has 0 aliphatic rings. The first-order chi connectivity index (χ1) is 4.63. The molecule has 2 atom stereocenters. The first-order valence-corrected chi connectivity index (χ1v) is 7.66. The number of hydrogen-bond acceptors (Lipinski definition) is 1. The lowest BCUT2D eigenvalue weighted by molar-refractivity contribution is 1.52. The first kappa shape index (κ1) is 9.55. The summed E-state index contributed by atoms with van der Waals surface area (Å²) in [6.07, 6.45) is 0. The predicted octanol–water partition coefficient (Wildman–Crippen LogP) is 4.37. The standard InChI is InChI=1S/Cl4N3P3/c1-6-8-5-9(3)7(2)10(6)4. The minimum atomic E-state index is -1.19. The Kier molecular flexibility index (Phi) is 3.74. The van der Waals surface area contributed by atoms with Crippen LogP contribution in [-0.4, -0.2) is 11.7 Å². The van der Waals surface area contributed by atoms with E-state index in [1.165, 1.54) is 7.22 Å². The molecule has 0 aromatic carbocycles. The molecule has 1 aromatic rings. The lowest BCUT2D eigenvalue weighted by Gasteiger charge is -2.02. The quantitative estimate of drug-likeness (QED) is 0.690. The summed E-state index contributed by atoms with van der Waals surface area (Å²) in [4.78, 5) is 0. The fourth-order valence-electron chi connectivity index (χ4n) is 0.254. The number of aromatic nitrogens is 3. The molecule has 58 valence electrons. The number of hydrogen-bond donors (Lipinski definition) is 0. The second kappa shape index (κ2) is 3.92. The second-order valence-corrected chi connectivity index (χ2v) is 8.66. The van der Waals surface area contributed by atoms with Crippen LogP contribution in [0.1, 0.15) is 0 Å². The molecule has 0 radical (unpaired) electrons. The second-order valence-electron chi connectivity index (χ2n) is 1.14. The van der Waals surface area contributed by atoms with Crippen molar-refractivity contribution in [1.82, 2.24) is 11.7 Å². The third kappa shape index (κ3) is 1.99. The Morgan fingerprint density at radius 1 is 1.30 bits per heavy atom. The molecule has 0 N–H and O–H groups in total. The third-order valence-electron chi connectivity index (χ3n) is 0.596. The zero-order valence-electron chi connectivity index (χ0n) is 4.20. The van der Waals surface area contributed by atoms with Gasteiger partial charge in [0.05, 0.1) is 0 Å². The molecule has 3 nitrogen and oxygen atoms in total. The first-order valence-electron chi connectivity index (χ1n) is 1.88. The maximum Gasteiger partial charge on any atom is 0.172 e. The van der Waals surface area contributed by atoms with Gasteiger partial charge in [-0.1, -0.05) is 0 Å². The normalized spacial score (nSPS) is 14.4. The summed E-state index contributed by atoms with van der Waals surface area (Å²) in [5.74, 6) is 0. The molecule has 1 rings (SSSR count). The van der Waals surface area contributed by atoms with E-state index >= 15 is 0 Å². The molecule has 2 unspecified atom stereocenters. The number of halogens is 4. The van der Waals surface area contributed by atoms with Crippen LogP contribution < -0.4 is 0 Å². The number of rotatable bonds is 0. The maximum atomic E-state index is 5.73. The van der Waals surface area contributed by atoms with Gasteiger partial charge in [-0.15, -0.1) is 0 Å². The molecule has 0 aliphatic heterocycles. The van der Waals surface area contributed by atoms with Crippen molar-refractivity contribution in [2.75, 3.05) is 0 Å². The van der Waals surface area contributed by atoms with E-state index in [0.29, 0.717) is 8.51 Å². The average Bonchev–Trinajstić information content (AvgIpc) is 1.93.